The van der Waals surface area contributed by atoms with Gasteiger partial charge in [0.15, 0.2) is 5.16 Å². The Hall–Kier alpha value is -0.750. The topological polar surface area (TPSA) is 62.7 Å². The maximum Gasteiger partial charge on any atom is 0.344 e. The molecule has 1 unspecified atom stereocenters. The highest BCUT2D eigenvalue weighted by Crippen LogP contribution is 2.30. The third-order valence-electron chi connectivity index (χ3n) is 4.21. The molecule has 0 amide bonds. The molecule has 0 aliphatic heterocycles. The first-order valence-corrected chi connectivity index (χ1v) is 9.15. The Kier molecular flexibility index (Phi) is 6.36. The molecule has 1 saturated carbocycles. The van der Waals surface area contributed by atoms with Crippen LogP contribution in [0.4, 0.5) is 0 Å². The molecule has 1 aliphatic rings. The Labute approximate surface area is 131 Å². The summed E-state index contributed by atoms with van der Waals surface area (Å²) < 4.78 is 1.75. The van der Waals surface area contributed by atoms with Crippen LogP contribution in [0.25, 0.3) is 0 Å². The van der Waals surface area contributed by atoms with Gasteiger partial charge in [0.1, 0.15) is 0 Å². The van der Waals surface area contributed by atoms with Crippen LogP contribution in [0.15, 0.2) is 9.95 Å². The second kappa shape index (κ2) is 8.03. The van der Waals surface area contributed by atoms with Crippen LogP contribution in [0.3, 0.4) is 0 Å². The van der Waals surface area contributed by atoms with Crippen LogP contribution < -0.4 is 11.0 Å². The molecule has 5 nitrogen and oxygen atoms in total. The third kappa shape index (κ3) is 4.36. The Morgan fingerprint density at radius 1 is 1.43 bits per heavy atom. The van der Waals surface area contributed by atoms with E-state index in [9.17, 15) is 4.79 Å². The van der Waals surface area contributed by atoms with Gasteiger partial charge in [-0.1, -0.05) is 31.5 Å². The second-order valence-electron chi connectivity index (χ2n) is 6.19. The van der Waals surface area contributed by atoms with Crippen molar-refractivity contribution in [2.45, 2.75) is 70.1 Å². The molecule has 2 N–H and O–H groups in total. The van der Waals surface area contributed by atoms with E-state index in [0.717, 1.165) is 29.8 Å². The Balaban J connectivity index is 1.99. The number of aromatic nitrogens is 3. The number of H-pyrrole nitrogens is 1. The number of hydrogen-bond acceptors (Lipinski definition) is 4. The molecule has 21 heavy (non-hydrogen) atoms. The summed E-state index contributed by atoms with van der Waals surface area (Å²) in [6.45, 7) is 7.31. The van der Waals surface area contributed by atoms with Gasteiger partial charge >= 0.3 is 5.69 Å². The number of nitrogens with zero attached hydrogens (tertiary/aromatic N) is 2. The Morgan fingerprint density at radius 2 is 2.14 bits per heavy atom. The molecule has 1 aliphatic carbocycles. The van der Waals surface area contributed by atoms with Crippen molar-refractivity contribution in [2.75, 3.05) is 12.3 Å². The van der Waals surface area contributed by atoms with E-state index in [1.807, 2.05) is 13.8 Å². The molecule has 120 valence electrons. The predicted molar refractivity (Wildman–Crippen MR) is 88.0 cm³/mol. The highest BCUT2D eigenvalue weighted by atomic mass is 32.2. The first kappa shape index (κ1) is 16.6. The van der Waals surface area contributed by atoms with Crippen molar-refractivity contribution in [3.05, 3.63) is 10.5 Å². The molecule has 6 heteroatoms. The van der Waals surface area contributed by atoms with Crippen molar-refractivity contribution in [2.24, 2.45) is 5.92 Å². The van der Waals surface area contributed by atoms with Gasteiger partial charge in [-0.2, -0.15) is 0 Å². The quantitative estimate of drug-likeness (QED) is 0.725. The van der Waals surface area contributed by atoms with Crippen LogP contribution in [0, 0.1) is 5.92 Å². The van der Waals surface area contributed by atoms with Crippen molar-refractivity contribution in [1.82, 2.24) is 20.1 Å². The molecule has 1 atom stereocenters. The number of nitrogens with one attached hydrogen (secondary N) is 2. The van der Waals surface area contributed by atoms with Gasteiger partial charge < -0.3 is 5.32 Å². The molecule has 0 spiro atoms. The average molecular weight is 312 g/mol. The molecule has 1 aromatic heterocycles. The van der Waals surface area contributed by atoms with Crippen molar-refractivity contribution in [3.8, 4) is 0 Å². The summed E-state index contributed by atoms with van der Waals surface area (Å²) >= 11 is 1.70. The molecule has 2 rings (SSSR count). The number of thioether (sulfide) groups is 1. The first-order chi connectivity index (χ1) is 10.1. The highest BCUT2D eigenvalue weighted by molar-refractivity contribution is 7.99. The van der Waals surface area contributed by atoms with Crippen LogP contribution in [0.2, 0.25) is 0 Å². The fourth-order valence-corrected chi connectivity index (χ4v) is 4.32. The minimum Gasteiger partial charge on any atom is -0.313 e. The van der Waals surface area contributed by atoms with Crippen molar-refractivity contribution in [1.29, 1.82) is 0 Å². The lowest BCUT2D eigenvalue weighted by Gasteiger charge is -2.24. The van der Waals surface area contributed by atoms with Crippen molar-refractivity contribution >= 4 is 11.8 Å². The maximum atomic E-state index is 11.8. The molecular formula is C15H28N4OS. The largest absolute Gasteiger partial charge is 0.344 e. The SMILES string of the molecule is CCCNC(CSc1n[nH]c(=O)n1C(C)C)C1CCCC1. The van der Waals surface area contributed by atoms with Gasteiger partial charge in [0.25, 0.3) is 0 Å². The second-order valence-corrected chi connectivity index (χ2v) is 7.18. The molecule has 0 radical (unpaired) electrons. The number of rotatable bonds is 8. The molecule has 0 bridgehead atoms. The zero-order valence-electron chi connectivity index (χ0n) is 13.4. The molecule has 1 fully saturated rings. The van der Waals surface area contributed by atoms with E-state index in [4.69, 9.17) is 0 Å². The number of aromatic amines is 1. The maximum absolute atomic E-state index is 11.8. The Bertz CT molecular complexity index is 476. The van der Waals surface area contributed by atoms with E-state index < -0.39 is 0 Å². The van der Waals surface area contributed by atoms with Gasteiger partial charge in [0, 0.05) is 17.8 Å². The highest BCUT2D eigenvalue weighted by Gasteiger charge is 2.25. The van der Waals surface area contributed by atoms with Gasteiger partial charge in [-0.05, 0) is 45.6 Å². The monoisotopic (exact) mass is 312 g/mol. The Morgan fingerprint density at radius 3 is 2.76 bits per heavy atom. The lowest BCUT2D eigenvalue weighted by atomic mass is 10.00. The summed E-state index contributed by atoms with van der Waals surface area (Å²) in [7, 11) is 0. The summed E-state index contributed by atoms with van der Waals surface area (Å²) in [5.74, 6) is 1.77. The van der Waals surface area contributed by atoms with Gasteiger partial charge in [-0.15, -0.1) is 5.10 Å². The zero-order chi connectivity index (χ0) is 15.2. The van der Waals surface area contributed by atoms with Gasteiger partial charge in [-0.3, -0.25) is 4.57 Å². The molecule has 0 saturated heterocycles. The molecule has 1 aromatic rings. The fraction of sp³-hybridized carbons (Fsp3) is 0.867. The number of hydrogen-bond donors (Lipinski definition) is 2. The average Bonchev–Trinajstić information content (AvgIpc) is 3.08. The first-order valence-electron chi connectivity index (χ1n) is 8.16. The van der Waals surface area contributed by atoms with E-state index in [0.29, 0.717) is 6.04 Å². The van der Waals surface area contributed by atoms with E-state index in [1.54, 1.807) is 16.3 Å². The van der Waals surface area contributed by atoms with Crippen molar-refractivity contribution < 1.29 is 0 Å². The lowest BCUT2D eigenvalue weighted by Crippen LogP contribution is -2.38. The minimum atomic E-state index is -0.105. The summed E-state index contributed by atoms with van der Waals surface area (Å²) in [6.07, 6.45) is 6.55. The van der Waals surface area contributed by atoms with Crippen LogP contribution >= 0.6 is 11.8 Å². The molecule has 0 aromatic carbocycles. The van der Waals surface area contributed by atoms with Crippen LogP contribution in [-0.4, -0.2) is 33.1 Å². The molecule has 1 heterocycles. The summed E-state index contributed by atoms with van der Waals surface area (Å²) in [5, 5.41) is 11.3. The predicted octanol–water partition coefficient (Wildman–Crippen LogP) is 2.80. The van der Waals surface area contributed by atoms with E-state index in [-0.39, 0.29) is 11.7 Å². The normalized spacial score (nSPS) is 17.7. The third-order valence-corrected chi connectivity index (χ3v) is 5.28. The molecular weight excluding hydrogens is 284 g/mol. The van der Waals surface area contributed by atoms with E-state index in [2.05, 4.69) is 22.4 Å². The van der Waals surface area contributed by atoms with Crippen molar-refractivity contribution in [3.63, 3.8) is 0 Å². The fourth-order valence-electron chi connectivity index (χ4n) is 3.06. The van der Waals surface area contributed by atoms with E-state index in [1.165, 1.54) is 25.7 Å². The van der Waals surface area contributed by atoms with Crippen LogP contribution in [-0.2, 0) is 0 Å². The summed E-state index contributed by atoms with van der Waals surface area (Å²) in [4.78, 5) is 11.8. The summed E-state index contributed by atoms with van der Waals surface area (Å²) in [5.41, 5.74) is -0.105. The lowest BCUT2D eigenvalue weighted by molar-refractivity contribution is 0.387. The van der Waals surface area contributed by atoms with Gasteiger partial charge in [0.2, 0.25) is 0 Å². The van der Waals surface area contributed by atoms with E-state index >= 15 is 0 Å². The zero-order valence-corrected chi connectivity index (χ0v) is 14.2. The minimum absolute atomic E-state index is 0.105. The smallest absolute Gasteiger partial charge is 0.313 e. The van der Waals surface area contributed by atoms with Gasteiger partial charge in [0.05, 0.1) is 0 Å². The van der Waals surface area contributed by atoms with Crippen LogP contribution in [0.5, 0.6) is 0 Å². The van der Waals surface area contributed by atoms with Gasteiger partial charge in [-0.25, -0.2) is 9.89 Å². The van der Waals surface area contributed by atoms with Crippen LogP contribution in [0.1, 0.15) is 58.9 Å². The standard InChI is InChI=1S/C15H28N4OS/c1-4-9-16-13(12-7-5-6-8-12)10-21-15-18-17-14(20)19(15)11(2)3/h11-13,16H,4-10H2,1-3H3,(H,17,20). The summed E-state index contributed by atoms with van der Waals surface area (Å²) in [6, 6.07) is 0.678.